The number of rotatable bonds is 3. The van der Waals surface area contributed by atoms with Crippen molar-refractivity contribution in [3.8, 4) is 16.9 Å². The van der Waals surface area contributed by atoms with Gasteiger partial charge in [0.1, 0.15) is 10.8 Å². The highest BCUT2D eigenvalue weighted by Crippen LogP contribution is 2.31. The van der Waals surface area contributed by atoms with Gasteiger partial charge in [-0.05, 0) is 12.1 Å². The number of carboxylic acid groups (broad SMARTS) is 2. The number of nitrogens with zero attached hydrogens (tertiary/aromatic N) is 4. The Kier molecular flexibility index (Phi) is 5.30. The minimum Gasteiger partial charge on any atom is -0.464 e. The fourth-order valence-electron chi connectivity index (χ4n) is 2.43. The van der Waals surface area contributed by atoms with Crippen LogP contribution in [0.5, 0.6) is 0 Å². The molecule has 9 nitrogen and oxygen atoms in total. The molecule has 142 valence electrons. The van der Waals surface area contributed by atoms with Gasteiger partial charge in [-0.3, -0.25) is 4.79 Å². The number of benzene rings is 1. The SMILES string of the molecule is O=C(O)N(C(=O)O)C(=O)c1cn(-c2ccnc(Cl)c2)nc1-c1ccccc1Cl. The zero-order valence-corrected chi connectivity index (χ0v) is 15.3. The minimum atomic E-state index is -1.94. The van der Waals surface area contributed by atoms with Gasteiger partial charge < -0.3 is 10.2 Å². The number of hydrogen-bond donors (Lipinski definition) is 2. The van der Waals surface area contributed by atoms with Crippen molar-refractivity contribution < 1.29 is 24.6 Å². The molecule has 0 spiro atoms. The average Bonchev–Trinajstić information content (AvgIpc) is 3.06. The molecule has 3 rings (SSSR count). The van der Waals surface area contributed by atoms with Crippen molar-refractivity contribution in [2.45, 2.75) is 0 Å². The van der Waals surface area contributed by atoms with E-state index >= 15 is 0 Å². The Balaban J connectivity index is 2.22. The molecule has 0 unspecified atom stereocenters. The lowest BCUT2D eigenvalue weighted by atomic mass is 10.1. The predicted octanol–water partition coefficient (Wildman–Crippen LogP) is 4.04. The molecule has 0 radical (unpaired) electrons. The molecule has 2 heterocycles. The van der Waals surface area contributed by atoms with Crippen molar-refractivity contribution in [3.05, 3.63) is 64.5 Å². The second-order valence-corrected chi connectivity index (χ2v) is 6.15. The van der Waals surface area contributed by atoms with E-state index in [2.05, 4.69) is 10.1 Å². The summed E-state index contributed by atoms with van der Waals surface area (Å²) in [4.78, 5) is 38.7. The second kappa shape index (κ2) is 7.67. The zero-order valence-electron chi connectivity index (χ0n) is 13.8. The van der Waals surface area contributed by atoms with E-state index in [9.17, 15) is 14.4 Å². The van der Waals surface area contributed by atoms with Crippen LogP contribution in [-0.2, 0) is 0 Å². The Morgan fingerprint density at radius 1 is 1.04 bits per heavy atom. The lowest BCUT2D eigenvalue weighted by molar-refractivity contribution is 0.0732. The van der Waals surface area contributed by atoms with Gasteiger partial charge in [0.25, 0.3) is 5.91 Å². The van der Waals surface area contributed by atoms with Crippen LogP contribution in [0.25, 0.3) is 16.9 Å². The van der Waals surface area contributed by atoms with E-state index in [0.717, 1.165) is 0 Å². The molecular weight excluding hydrogens is 411 g/mol. The van der Waals surface area contributed by atoms with Gasteiger partial charge in [-0.25, -0.2) is 19.3 Å². The lowest BCUT2D eigenvalue weighted by Gasteiger charge is -2.11. The van der Waals surface area contributed by atoms with E-state index in [-0.39, 0.29) is 26.3 Å². The summed E-state index contributed by atoms with van der Waals surface area (Å²) in [6.45, 7) is 0. The van der Waals surface area contributed by atoms with E-state index < -0.39 is 18.1 Å². The molecule has 11 heteroatoms. The molecule has 3 aromatic rings. The first kappa shape index (κ1) is 19.3. The zero-order chi connectivity index (χ0) is 20.4. The standard InChI is InChI=1S/C17H10Cl2N4O5/c18-12-4-2-1-3-10(12)14-11(15(24)23(16(25)26)17(27)28)8-22(21-14)9-5-6-20-13(19)7-9/h1-8H,(H,25,26)(H,27,28). The highest BCUT2D eigenvalue weighted by Gasteiger charge is 2.33. The molecule has 1 aromatic carbocycles. The molecule has 0 saturated carbocycles. The maximum Gasteiger partial charge on any atom is 0.424 e. The van der Waals surface area contributed by atoms with Crippen LogP contribution in [0.15, 0.2) is 48.8 Å². The average molecular weight is 421 g/mol. The van der Waals surface area contributed by atoms with Crippen molar-refractivity contribution >= 4 is 41.3 Å². The van der Waals surface area contributed by atoms with Gasteiger partial charge in [-0.2, -0.15) is 5.10 Å². The summed E-state index contributed by atoms with van der Waals surface area (Å²) in [5.41, 5.74) is 0.480. The van der Waals surface area contributed by atoms with Crippen molar-refractivity contribution in [1.29, 1.82) is 0 Å². The fraction of sp³-hybridized carbons (Fsp3) is 0. The van der Waals surface area contributed by atoms with Crippen LogP contribution in [0.3, 0.4) is 0 Å². The molecule has 0 bridgehead atoms. The van der Waals surface area contributed by atoms with Crippen LogP contribution in [0.2, 0.25) is 10.2 Å². The van der Waals surface area contributed by atoms with Gasteiger partial charge in [-0.1, -0.05) is 41.4 Å². The first-order valence-electron chi connectivity index (χ1n) is 7.56. The number of aromatic nitrogens is 3. The molecule has 0 fully saturated rings. The summed E-state index contributed by atoms with van der Waals surface area (Å²) in [5, 5.41) is 22.9. The number of hydrogen-bond acceptors (Lipinski definition) is 5. The van der Waals surface area contributed by atoms with Gasteiger partial charge >= 0.3 is 12.2 Å². The number of halogens is 2. The first-order chi connectivity index (χ1) is 13.3. The van der Waals surface area contributed by atoms with E-state index in [0.29, 0.717) is 11.3 Å². The lowest BCUT2D eigenvalue weighted by Crippen LogP contribution is -2.40. The number of pyridine rings is 1. The van der Waals surface area contributed by atoms with Crippen molar-refractivity contribution in [3.63, 3.8) is 0 Å². The largest absolute Gasteiger partial charge is 0.464 e. The molecule has 0 aliphatic heterocycles. The maximum atomic E-state index is 12.7. The summed E-state index contributed by atoms with van der Waals surface area (Å²) in [5.74, 6) is -1.29. The maximum absolute atomic E-state index is 12.7. The van der Waals surface area contributed by atoms with Gasteiger partial charge in [0, 0.05) is 24.0 Å². The van der Waals surface area contributed by atoms with E-state index in [4.69, 9.17) is 33.4 Å². The summed E-state index contributed by atoms with van der Waals surface area (Å²) in [6.07, 6.45) is -1.27. The van der Waals surface area contributed by atoms with Crippen LogP contribution in [0, 0.1) is 0 Å². The topological polar surface area (TPSA) is 126 Å². The Morgan fingerprint density at radius 3 is 2.32 bits per heavy atom. The van der Waals surface area contributed by atoms with Crippen LogP contribution < -0.4 is 0 Å². The van der Waals surface area contributed by atoms with Crippen molar-refractivity contribution in [2.24, 2.45) is 0 Å². The predicted molar refractivity (Wildman–Crippen MR) is 99.0 cm³/mol. The Hall–Kier alpha value is -3.43. The van der Waals surface area contributed by atoms with E-state index in [1.807, 2.05) is 0 Å². The third-order valence-corrected chi connectivity index (χ3v) is 4.17. The van der Waals surface area contributed by atoms with Gasteiger partial charge in [0.2, 0.25) is 0 Å². The quantitative estimate of drug-likeness (QED) is 0.612. The summed E-state index contributed by atoms with van der Waals surface area (Å²) >= 11 is 12.1. The summed E-state index contributed by atoms with van der Waals surface area (Å²) < 4.78 is 1.25. The highest BCUT2D eigenvalue weighted by atomic mass is 35.5. The second-order valence-electron chi connectivity index (χ2n) is 5.36. The third kappa shape index (κ3) is 3.66. The monoisotopic (exact) mass is 420 g/mol. The van der Waals surface area contributed by atoms with Crippen LogP contribution in [0.4, 0.5) is 9.59 Å². The molecule has 2 N–H and O–H groups in total. The Labute approximate surface area is 167 Å². The van der Waals surface area contributed by atoms with Crippen LogP contribution >= 0.6 is 23.2 Å². The normalized spacial score (nSPS) is 10.5. The van der Waals surface area contributed by atoms with E-state index in [1.54, 1.807) is 30.3 Å². The molecule has 3 amide bonds. The number of imide groups is 3. The summed E-state index contributed by atoms with van der Waals surface area (Å²) in [7, 11) is 0. The smallest absolute Gasteiger partial charge is 0.424 e. The number of carbonyl (C=O) groups excluding carboxylic acids is 1. The molecule has 0 saturated heterocycles. The summed E-state index contributed by atoms with van der Waals surface area (Å²) in [6, 6.07) is 9.44. The first-order valence-corrected chi connectivity index (χ1v) is 8.32. The van der Waals surface area contributed by atoms with Crippen molar-refractivity contribution in [1.82, 2.24) is 19.7 Å². The highest BCUT2D eigenvalue weighted by molar-refractivity contribution is 6.33. The third-order valence-electron chi connectivity index (χ3n) is 3.63. The molecule has 0 aliphatic rings. The van der Waals surface area contributed by atoms with E-state index in [1.165, 1.54) is 23.1 Å². The van der Waals surface area contributed by atoms with Crippen LogP contribution in [-0.4, -0.2) is 48.0 Å². The molecule has 28 heavy (non-hydrogen) atoms. The Bertz CT molecular complexity index is 1080. The fourth-order valence-corrected chi connectivity index (χ4v) is 2.82. The van der Waals surface area contributed by atoms with Crippen LogP contribution in [0.1, 0.15) is 10.4 Å². The van der Waals surface area contributed by atoms with Gasteiger partial charge in [0.05, 0.1) is 16.3 Å². The van der Waals surface area contributed by atoms with Gasteiger partial charge in [-0.15, -0.1) is 4.90 Å². The number of carbonyl (C=O) groups is 3. The van der Waals surface area contributed by atoms with Gasteiger partial charge in [0.15, 0.2) is 0 Å². The molecular formula is C17H10Cl2N4O5. The molecule has 0 atom stereocenters. The van der Waals surface area contributed by atoms with Crippen molar-refractivity contribution in [2.75, 3.05) is 0 Å². The molecule has 2 aromatic heterocycles. The molecule has 0 aliphatic carbocycles. The minimum absolute atomic E-state index is 0.0102. The Morgan fingerprint density at radius 2 is 1.71 bits per heavy atom. The number of amides is 3.